The van der Waals surface area contributed by atoms with Crippen molar-refractivity contribution in [3.63, 3.8) is 0 Å². The Morgan fingerprint density at radius 2 is 1.61 bits per heavy atom. The molecule has 1 aromatic carbocycles. The number of nitrogens with one attached hydrogen (secondary N) is 2. The van der Waals surface area contributed by atoms with Crippen molar-refractivity contribution in [3.05, 3.63) is 65.6 Å². The second-order valence-electron chi connectivity index (χ2n) is 9.04. The van der Waals surface area contributed by atoms with Crippen LogP contribution in [0.5, 0.6) is 0 Å². The second-order valence-corrected chi connectivity index (χ2v) is 9.04. The third-order valence-electron chi connectivity index (χ3n) is 6.87. The number of nitrogens with zero attached hydrogens (tertiary/aromatic N) is 3. The molecule has 5 nitrogen and oxygen atoms in total. The second kappa shape index (κ2) is 6.92. The number of H-pyrrole nitrogens is 1. The molecule has 2 bridgehead atoms. The van der Waals surface area contributed by atoms with Gasteiger partial charge in [0.05, 0.1) is 0 Å². The van der Waals surface area contributed by atoms with Gasteiger partial charge in [-0.2, -0.15) is 0 Å². The first-order chi connectivity index (χ1) is 15.1. The Kier molecular flexibility index (Phi) is 4.15. The van der Waals surface area contributed by atoms with Gasteiger partial charge in [0.1, 0.15) is 5.82 Å². The molecule has 0 amide bonds. The van der Waals surface area contributed by atoms with E-state index in [2.05, 4.69) is 69.6 Å². The van der Waals surface area contributed by atoms with Gasteiger partial charge in [0, 0.05) is 70.5 Å². The summed E-state index contributed by atoms with van der Waals surface area (Å²) >= 11 is 0. The predicted octanol–water partition coefficient (Wildman–Crippen LogP) is 4.77. The van der Waals surface area contributed by atoms with Gasteiger partial charge >= 0.3 is 0 Å². The Hall–Kier alpha value is -3.18. The van der Waals surface area contributed by atoms with Crippen LogP contribution in [0.4, 0.5) is 5.82 Å². The molecule has 156 valence electrons. The maximum atomic E-state index is 4.81. The van der Waals surface area contributed by atoms with Crippen LogP contribution in [-0.4, -0.2) is 40.1 Å². The molecule has 2 aliphatic rings. The fraction of sp³-hybridized carbons (Fsp3) is 0.308. The van der Waals surface area contributed by atoms with E-state index < -0.39 is 0 Å². The zero-order valence-corrected chi connectivity index (χ0v) is 18.2. The van der Waals surface area contributed by atoms with Crippen LogP contribution in [-0.2, 0) is 0 Å². The first-order valence-corrected chi connectivity index (χ1v) is 11.1. The summed E-state index contributed by atoms with van der Waals surface area (Å²) in [4.78, 5) is 15.5. The zero-order valence-electron chi connectivity index (χ0n) is 18.2. The quantitative estimate of drug-likeness (QED) is 0.512. The summed E-state index contributed by atoms with van der Waals surface area (Å²) in [5.74, 6) is 1.11. The maximum absolute atomic E-state index is 4.81. The van der Waals surface area contributed by atoms with Crippen molar-refractivity contribution in [2.75, 3.05) is 18.0 Å². The Bertz CT molecular complexity index is 1250. The lowest BCUT2D eigenvalue weighted by Crippen LogP contribution is -2.68. The maximum Gasteiger partial charge on any atom is 0.129 e. The van der Waals surface area contributed by atoms with E-state index in [1.807, 2.05) is 20.0 Å². The van der Waals surface area contributed by atoms with Gasteiger partial charge in [-0.25, -0.2) is 4.98 Å². The van der Waals surface area contributed by atoms with E-state index in [-0.39, 0.29) is 0 Å². The summed E-state index contributed by atoms with van der Waals surface area (Å²) in [6.07, 6.45) is 3.31. The molecule has 0 spiro atoms. The van der Waals surface area contributed by atoms with E-state index in [9.17, 15) is 0 Å². The minimum atomic E-state index is 0.606. The van der Waals surface area contributed by atoms with Gasteiger partial charge in [-0.3, -0.25) is 4.98 Å². The van der Waals surface area contributed by atoms with Crippen molar-refractivity contribution >= 4 is 16.7 Å². The molecular weight excluding hydrogens is 382 g/mol. The number of fused-ring (bicyclic) bond motifs is 3. The number of aromatic nitrogens is 3. The van der Waals surface area contributed by atoms with Gasteiger partial charge in [-0.15, -0.1) is 0 Å². The van der Waals surface area contributed by atoms with E-state index in [1.54, 1.807) is 0 Å². The van der Waals surface area contributed by atoms with Crippen LogP contribution < -0.4 is 10.2 Å². The van der Waals surface area contributed by atoms with Gasteiger partial charge in [0.15, 0.2) is 0 Å². The fourth-order valence-electron chi connectivity index (χ4n) is 5.35. The van der Waals surface area contributed by atoms with E-state index in [0.29, 0.717) is 12.1 Å². The highest BCUT2D eigenvalue weighted by molar-refractivity contribution is 5.93. The highest BCUT2D eigenvalue weighted by Gasteiger charge is 2.41. The molecule has 2 unspecified atom stereocenters. The van der Waals surface area contributed by atoms with E-state index >= 15 is 0 Å². The van der Waals surface area contributed by atoms with Gasteiger partial charge in [-0.05, 0) is 68.7 Å². The van der Waals surface area contributed by atoms with Crippen LogP contribution in [0.2, 0.25) is 0 Å². The summed E-state index contributed by atoms with van der Waals surface area (Å²) in [5, 5.41) is 4.75. The van der Waals surface area contributed by atoms with Crippen molar-refractivity contribution < 1.29 is 0 Å². The first kappa shape index (κ1) is 18.6. The van der Waals surface area contributed by atoms with Crippen LogP contribution in [0.15, 0.2) is 48.7 Å². The minimum absolute atomic E-state index is 0.606. The smallest absolute Gasteiger partial charge is 0.129 e. The zero-order chi connectivity index (χ0) is 21.1. The third-order valence-corrected chi connectivity index (χ3v) is 6.87. The molecule has 5 heteroatoms. The van der Waals surface area contributed by atoms with Crippen LogP contribution in [0, 0.1) is 20.8 Å². The van der Waals surface area contributed by atoms with Crippen LogP contribution in [0.1, 0.15) is 23.4 Å². The SMILES string of the molecule is Cc1cc(-c2[nH]c3cc(-c4ccc(N5C6CNCC5C6)nc4)ccc3c2C)cc(C)n1. The lowest BCUT2D eigenvalue weighted by atomic mass is 9.89. The number of anilines is 1. The molecule has 5 heterocycles. The summed E-state index contributed by atoms with van der Waals surface area (Å²) in [5.41, 5.74) is 9.23. The predicted molar refractivity (Wildman–Crippen MR) is 127 cm³/mol. The average Bonchev–Trinajstić information content (AvgIpc) is 3.10. The molecule has 2 saturated heterocycles. The largest absolute Gasteiger partial charge is 0.354 e. The molecule has 0 saturated carbocycles. The van der Waals surface area contributed by atoms with Crippen molar-refractivity contribution in [2.45, 2.75) is 39.3 Å². The number of aryl methyl sites for hydroxylation is 3. The lowest BCUT2D eigenvalue weighted by Gasteiger charge is -2.53. The highest BCUT2D eigenvalue weighted by Crippen LogP contribution is 2.35. The van der Waals surface area contributed by atoms with E-state index in [1.165, 1.54) is 34.2 Å². The third kappa shape index (κ3) is 3.03. The van der Waals surface area contributed by atoms with Crippen molar-refractivity contribution in [2.24, 2.45) is 0 Å². The Labute approximate surface area is 182 Å². The molecule has 2 fully saturated rings. The van der Waals surface area contributed by atoms with Gasteiger partial charge in [0.25, 0.3) is 0 Å². The molecule has 2 atom stereocenters. The van der Waals surface area contributed by atoms with Crippen LogP contribution >= 0.6 is 0 Å². The molecule has 2 N–H and O–H groups in total. The molecular formula is C26H27N5. The lowest BCUT2D eigenvalue weighted by molar-refractivity contribution is 0.260. The number of piperazine rings is 1. The van der Waals surface area contributed by atoms with Crippen molar-refractivity contribution in [1.82, 2.24) is 20.3 Å². The fourth-order valence-corrected chi connectivity index (χ4v) is 5.35. The highest BCUT2D eigenvalue weighted by atomic mass is 15.3. The monoisotopic (exact) mass is 409 g/mol. The normalized spacial score (nSPS) is 20.2. The molecule has 0 radical (unpaired) electrons. The van der Waals surface area contributed by atoms with Crippen LogP contribution in [0.25, 0.3) is 33.3 Å². The van der Waals surface area contributed by atoms with Gasteiger partial charge in [0.2, 0.25) is 0 Å². The van der Waals surface area contributed by atoms with Gasteiger partial charge < -0.3 is 15.2 Å². The summed E-state index contributed by atoms with van der Waals surface area (Å²) < 4.78 is 0. The van der Waals surface area contributed by atoms with Crippen molar-refractivity contribution in [3.8, 4) is 22.4 Å². The molecule has 2 aliphatic heterocycles. The standard InChI is InChI=1S/C26H27N5/c1-15-8-20(9-16(2)29-15)26-17(3)23-6-4-18(10-24(23)30-26)19-5-7-25(28-12-19)31-21-11-22(31)14-27-13-21/h4-10,12,21-22,27,30H,11,13-14H2,1-3H3. The molecule has 31 heavy (non-hydrogen) atoms. The minimum Gasteiger partial charge on any atom is -0.354 e. The average molecular weight is 410 g/mol. The number of aromatic amines is 1. The summed E-state index contributed by atoms with van der Waals surface area (Å²) in [7, 11) is 0. The number of piperidine rings is 1. The topological polar surface area (TPSA) is 56.8 Å². The molecule has 0 aliphatic carbocycles. The Balaban J connectivity index is 1.34. The first-order valence-electron chi connectivity index (χ1n) is 11.1. The molecule has 3 aromatic heterocycles. The summed E-state index contributed by atoms with van der Waals surface area (Å²) in [6, 6.07) is 16.6. The number of hydrogen-bond donors (Lipinski definition) is 2. The number of rotatable bonds is 3. The number of pyridine rings is 2. The van der Waals surface area contributed by atoms with Gasteiger partial charge in [-0.1, -0.05) is 12.1 Å². The van der Waals surface area contributed by atoms with E-state index in [0.717, 1.165) is 41.4 Å². The number of benzene rings is 1. The van der Waals surface area contributed by atoms with Crippen LogP contribution in [0.3, 0.4) is 0 Å². The Morgan fingerprint density at radius 1 is 0.871 bits per heavy atom. The van der Waals surface area contributed by atoms with Crippen molar-refractivity contribution in [1.29, 1.82) is 0 Å². The Morgan fingerprint density at radius 3 is 2.29 bits per heavy atom. The molecule has 6 rings (SSSR count). The molecule has 4 aromatic rings. The summed E-state index contributed by atoms with van der Waals surface area (Å²) in [6.45, 7) is 8.43. The van der Waals surface area contributed by atoms with E-state index in [4.69, 9.17) is 4.98 Å². The number of hydrogen-bond acceptors (Lipinski definition) is 4.